The highest BCUT2D eigenvalue weighted by molar-refractivity contribution is 7.99. The van der Waals surface area contributed by atoms with E-state index in [1.807, 2.05) is 12.1 Å². The molecule has 1 aliphatic carbocycles. The summed E-state index contributed by atoms with van der Waals surface area (Å²) in [6.45, 7) is 3.37. The highest BCUT2D eigenvalue weighted by Gasteiger charge is 2.29. The van der Waals surface area contributed by atoms with E-state index in [0.29, 0.717) is 17.0 Å². The van der Waals surface area contributed by atoms with Crippen molar-refractivity contribution in [3.8, 4) is 0 Å². The minimum atomic E-state index is -0.0662. The fourth-order valence-electron chi connectivity index (χ4n) is 2.99. The van der Waals surface area contributed by atoms with Crippen LogP contribution in [-0.4, -0.2) is 39.8 Å². The molecule has 0 unspecified atom stereocenters. The monoisotopic (exact) mass is 358 g/mol. The molecule has 2 aliphatic rings. The Morgan fingerprint density at radius 1 is 1.20 bits per heavy atom. The van der Waals surface area contributed by atoms with Crippen LogP contribution in [0.2, 0.25) is 0 Å². The third kappa shape index (κ3) is 4.61. The van der Waals surface area contributed by atoms with Crippen molar-refractivity contribution in [3.05, 3.63) is 35.7 Å². The Labute approximate surface area is 151 Å². The number of nitrogens with one attached hydrogen (secondary N) is 1. The van der Waals surface area contributed by atoms with Crippen molar-refractivity contribution in [3.63, 3.8) is 0 Å². The second-order valence-electron chi connectivity index (χ2n) is 6.70. The fraction of sp³-hybridized carbons (Fsp3) is 0.500. The first-order valence-electron chi connectivity index (χ1n) is 8.83. The standard InChI is InChI=1S/C18H22N4O2S/c23-16(12-25-18-21-20-17(24-18)14-5-6-14)19-15-7-3-13(4-8-15)11-22-9-1-2-10-22/h3-4,7-8,14H,1-2,5-6,9-12H2,(H,19,23). The SMILES string of the molecule is O=C(CSc1nnc(C2CC2)o1)Nc1ccc(CN2CCCC2)cc1. The van der Waals surface area contributed by atoms with Gasteiger partial charge in [0.2, 0.25) is 11.8 Å². The molecule has 1 saturated heterocycles. The van der Waals surface area contributed by atoms with Crippen LogP contribution in [0.5, 0.6) is 0 Å². The van der Waals surface area contributed by atoms with E-state index < -0.39 is 0 Å². The Hall–Kier alpha value is -1.86. The lowest BCUT2D eigenvalue weighted by Gasteiger charge is -2.14. The van der Waals surface area contributed by atoms with Crippen LogP contribution >= 0.6 is 11.8 Å². The van der Waals surface area contributed by atoms with E-state index in [4.69, 9.17) is 4.42 Å². The van der Waals surface area contributed by atoms with Gasteiger partial charge in [0, 0.05) is 18.2 Å². The van der Waals surface area contributed by atoms with Gasteiger partial charge in [-0.1, -0.05) is 23.9 Å². The molecule has 2 heterocycles. The van der Waals surface area contributed by atoms with Gasteiger partial charge in [-0.2, -0.15) is 0 Å². The topological polar surface area (TPSA) is 71.3 Å². The zero-order valence-electron chi connectivity index (χ0n) is 14.1. The summed E-state index contributed by atoms with van der Waals surface area (Å²) < 4.78 is 5.54. The highest BCUT2D eigenvalue weighted by atomic mass is 32.2. The van der Waals surface area contributed by atoms with Gasteiger partial charge in [-0.05, 0) is 56.5 Å². The van der Waals surface area contributed by atoms with Gasteiger partial charge >= 0.3 is 0 Å². The summed E-state index contributed by atoms with van der Waals surface area (Å²) in [5.41, 5.74) is 2.10. The summed E-state index contributed by atoms with van der Waals surface area (Å²) >= 11 is 1.28. The number of hydrogen-bond donors (Lipinski definition) is 1. The van der Waals surface area contributed by atoms with E-state index in [0.717, 1.165) is 25.1 Å². The summed E-state index contributed by atoms with van der Waals surface area (Å²) in [5, 5.41) is 11.4. The van der Waals surface area contributed by atoms with E-state index in [1.165, 1.54) is 43.3 Å². The number of rotatable bonds is 7. The predicted octanol–water partition coefficient (Wildman–Crippen LogP) is 3.27. The summed E-state index contributed by atoms with van der Waals surface area (Å²) in [6, 6.07) is 8.10. The maximum Gasteiger partial charge on any atom is 0.277 e. The first-order valence-corrected chi connectivity index (χ1v) is 9.82. The van der Waals surface area contributed by atoms with E-state index in [2.05, 4.69) is 32.5 Å². The minimum absolute atomic E-state index is 0.0662. The average Bonchev–Trinajstić information content (AvgIpc) is 3.14. The van der Waals surface area contributed by atoms with Crippen LogP contribution in [0, 0.1) is 0 Å². The smallest absolute Gasteiger partial charge is 0.277 e. The molecule has 1 aromatic carbocycles. The van der Waals surface area contributed by atoms with Crippen LogP contribution in [0.3, 0.4) is 0 Å². The third-order valence-electron chi connectivity index (χ3n) is 4.52. The van der Waals surface area contributed by atoms with Crippen molar-refractivity contribution in [1.29, 1.82) is 0 Å². The van der Waals surface area contributed by atoms with Gasteiger partial charge in [0.15, 0.2) is 0 Å². The number of benzene rings is 1. The van der Waals surface area contributed by atoms with Crippen LogP contribution in [0.1, 0.15) is 43.1 Å². The number of carbonyl (C=O) groups excluding carboxylic acids is 1. The van der Waals surface area contributed by atoms with Gasteiger partial charge in [0.1, 0.15) is 0 Å². The zero-order valence-corrected chi connectivity index (χ0v) is 14.9. The van der Waals surface area contributed by atoms with Crippen molar-refractivity contribution in [2.75, 3.05) is 24.2 Å². The number of likely N-dealkylation sites (tertiary alicyclic amines) is 1. The van der Waals surface area contributed by atoms with Gasteiger partial charge in [0.25, 0.3) is 5.22 Å². The normalized spacial score (nSPS) is 17.8. The molecule has 0 atom stereocenters. The van der Waals surface area contributed by atoms with E-state index >= 15 is 0 Å². The molecule has 6 nitrogen and oxygen atoms in total. The number of amides is 1. The number of nitrogens with zero attached hydrogens (tertiary/aromatic N) is 3. The molecule has 0 radical (unpaired) electrons. The lowest BCUT2D eigenvalue weighted by Crippen LogP contribution is -2.18. The van der Waals surface area contributed by atoms with Crippen LogP contribution in [0.4, 0.5) is 5.69 Å². The molecule has 7 heteroatoms. The quantitative estimate of drug-likeness (QED) is 0.766. The Morgan fingerprint density at radius 3 is 2.68 bits per heavy atom. The number of anilines is 1. The molecule has 132 valence electrons. The molecule has 4 rings (SSSR count). The van der Waals surface area contributed by atoms with Gasteiger partial charge in [0.05, 0.1) is 5.75 Å². The van der Waals surface area contributed by atoms with Crippen LogP contribution in [0.25, 0.3) is 0 Å². The first-order chi connectivity index (χ1) is 12.3. The van der Waals surface area contributed by atoms with Gasteiger partial charge < -0.3 is 9.73 Å². The van der Waals surface area contributed by atoms with E-state index in [1.54, 1.807) is 0 Å². The average molecular weight is 358 g/mol. The number of aromatic nitrogens is 2. The zero-order chi connectivity index (χ0) is 17.1. The molecule has 25 heavy (non-hydrogen) atoms. The molecule has 0 bridgehead atoms. The summed E-state index contributed by atoms with van der Waals surface area (Å²) in [7, 11) is 0. The minimum Gasteiger partial charge on any atom is -0.416 e. The van der Waals surface area contributed by atoms with Crippen molar-refractivity contribution in [1.82, 2.24) is 15.1 Å². The second kappa shape index (κ2) is 7.58. The molecule has 1 N–H and O–H groups in total. The van der Waals surface area contributed by atoms with Crippen molar-refractivity contribution >= 4 is 23.4 Å². The predicted molar refractivity (Wildman–Crippen MR) is 96.6 cm³/mol. The number of hydrogen-bond acceptors (Lipinski definition) is 6. The van der Waals surface area contributed by atoms with E-state index in [-0.39, 0.29) is 11.7 Å². The fourth-order valence-corrected chi connectivity index (χ4v) is 3.56. The largest absolute Gasteiger partial charge is 0.416 e. The number of thioether (sulfide) groups is 1. The molecular formula is C18H22N4O2S. The maximum absolute atomic E-state index is 12.1. The molecule has 2 fully saturated rings. The lowest BCUT2D eigenvalue weighted by molar-refractivity contribution is -0.113. The van der Waals surface area contributed by atoms with Gasteiger partial charge in [-0.25, -0.2) is 0 Å². The van der Waals surface area contributed by atoms with E-state index in [9.17, 15) is 4.79 Å². The molecular weight excluding hydrogens is 336 g/mol. The van der Waals surface area contributed by atoms with Crippen molar-refractivity contribution < 1.29 is 9.21 Å². The molecule has 1 saturated carbocycles. The molecule has 1 aromatic heterocycles. The Balaban J connectivity index is 1.23. The first kappa shape index (κ1) is 16.6. The summed E-state index contributed by atoms with van der Waals surface area (Å²) in [6.07, 6.45) is 4.85. The number of carbonyl (C=O) groups is 1. The van der Waals surface area contributed by atoms with Crippen molar-refractivity contribution in [2.45, 2.75) is 43.4 Å². The summed E-state index contributed by atoms with van der Waals surface area (Å²) in [5.74, 6) is 1.34. The van der Waals surface area contributed by atoms with Crippen LogP contribution in [-0.2, 0) is 11.3 Å². The molecule has 1 amide bonds. The third-order valence-corrected chi connectivity index (χ3v) is 5.34. The molecule has 2 aromatic rings. The Bertz CT molecular complexity index is 721. The second-order valence-corrected chi connectivity index (χ2v) is 7.62. The van der Waals surface area contributed by atoms with Crippen LogP contribution < -0.4 is 5.32 Å². The Morgan fingerprint density at radius 2 is 1.96 bits per heavy atom. The molecule has 0 spiro atoms. The maximum atomic E-state index is 12.1. The lowest BCUT2D eigenvalue weighted by atomic mass is 10.2. The molecule has 1 aliphatic heterocycles. The van der Waals surface area contributed by atoms with Crippen LogP contribution in [0.15, 0.2) is 33.9 Å². The highest BCUT2D eigenvalue weighted by Crippen LogP contribution is 2.39. The van der Waals surface area contributed by atoms with Gasteiger partial charge in [-0.3, -0.25) is 9.69 Å². The Kier molecular flexibility index (Phi) is 5.03. The summed E-state index contributed by atoms with van der Waals surface area (Å²) in [4.78, 5) is 14.5. The van der Waals surface area contributed by atoms with Crippen molar-refractivity contribution in [2.24, 2.45) is 0 Å². The van der Waals surface area contributed by atoms with Gasteiger partial charge in [-0.15, -0.1) is 10.2 Å².